The highest BCUT2D eigenvalue weighted by Gasteiger charge is 2.33. The molecule has 1 aliphatic carbocycles. The number of methoxy groups -OCH3 is 1. The summed E-state index contributed by atoms with van der Waals surface area (Å²) in [4.78, 5) is 12.7. The molecular weight excluding hydrogens is 378 g/mol. The number of nitrogens with one attached hydrogen (secondary N) is 2. The monoisotopic (exact) mass is 403 g/mol. The van der Waals surface area contributed by atoms with Crippen molar-refractivity contribution >= 4 is 21.7 Å². The highest BCUT2D eigenvalue weighted by molar-refractivity contribution is 7.89. The Morgan fingerprint density at radius 1 is 1.14 bits per heavy atom. The van der Waals surface area contributed by atoms with Crippen molar-refractivity contribution < 1.29 is 17.9 Å². The Balaban J connectivity index is 1.72. The summed E-state index contributed by atoms with van der Waals surface area (Å²) in [5.41, 5.74) is 1.44. The predicted molar refractivity (Wildman–Crippen MR) is 108 cm³/mol. The molecule has 0 aliphatic heterocycles. The molecule has 0 radical (unpaired) electrons. The Morgan fingerprint density at radius 2 is 1.82 bits per heavy atom. The van der Waals surface area contributed by atoms with Crippen molar-refractivity contribution in [1.29, 1.82) is 0 Å². The Morgan fingerprint density at radius 3 is 2.39 bits per heavy atom. The SMILES string of the molecule is COc1ccc(C(NC(=O)Nc2cccc(S(=O)(=O)N(C)C)c2)C2CC2)cc1. The van der Waals surface area contributed by atoms with Gasteiger partial charge >= 0.3 is 6.03 Å². The number of hydrogen-bond acceptors (Lipinski definition) is 4. The number of carbonyl (C=O) groups is 1. The van der Waals surface area contributed by atoms with Gasteiger partial charge in [-0.2, -0.15) is 0 Å². The smallest absolute Gasteiger partial charge is 0.319 e. The van der Waals surface area contributed by atoms with E-state index in [0.29, 0.717) is 11.6 Å². The number of ether oxygens (including phenoxy) is 1. The fraction of sp³-hybridized carbons (Fsp3) is 0.350. The molecule has 0 spiro atoms. The lowest BCUT2D eigenvalue weighted by atomic mass is 10.0. The summed E-state index contributed by atoms with van der Waals surface area (Å²) in [7, 11) is 0.992. The van der Waals surface area contributed by atoms with Crippen LogP contribution < -0.4 is 15.4 Å². The molecule has 7 nitrogen and oxygen atoms in total. The van der Waals surface area contributed by atoms with Crippen molar-refractivity contribution in [3.05, 3.63) is 54.1 Å². The Bertz CT molecular complexity index is 938. The quantitative estimate of drug-likeness (QED) is 0.743. The summed E-state index contributed by atoms with van der Waals surface area (Å²) in [6.45, 7) is 0. The van der Waals surface area contributed by atoms with Crippen molar-refractivity contribution in [2.45, 2.75) is 23.8 Å². The largest absolute Gasteiger partial charge is 0.497 e. The molecule has 2 amide bonds. The minimum absolute atomic E-state index is 0.0976. The van der Waals surface area contributed by atoms with Crippen molar-refractivity contribution in [3.8, 4) is 5.75 Å². The molecule has 1 aliphatic rings. The summed E-state index contributed by atoms with van der Waals surface area (Å²) in [6, 6.07) is 13.4. The first-order valence-corrected chi connectivity index (χ1v) is 10.5. The lowest BCUT2D eigenvalue weighted by molar-refractivity contribution is 0.247. The first kappa shape index (κ1) is 20.2. The predicted octanol–water partition coefficient (Wildman–Crippen LogP) is 3.22. The van der Waals surface area contributed by atoms with Crippen molar-refractivity contribution in [2.24, 2.45) is 5.92 Å². The van der Waals surface area contributed by atoms with E-state index in [-0.39, 0.29) is 17.0 Å². The molecule has 1 fully saturated rings. The number of amides is 2. The van der Waals surface area contributed by atoms with Crippen LogP contribution in [-0.2, 0) is 10.0 Å². The topological polar surface area (TPSA) is 87.7 Å². The highest BCUT2D eigenvalue weighted by atomic mass is 32.2. The van der Waals surface area contributed by atoms with Crippen LogP contribution in [0.2, 0.25) is 0 Å². The Hall–Kier alpha value is -2.58. The maximum atomic E-state index is 12.5. The second-order valence-electron chi connectivity index (χ2n) is 7.00. The van der Waals surface area contributed by atoms with E-state index in [9.17, 15) is 13.2 Å². The minimum atomic E-state index is -3.56. The number of sulfonamides is 1. The zero-order chi connectivity index (χ0) is 20.3. The fourth-order valence-corrected chi connectivity index (χ4v) is 3.92. The van der Waals surface area contributed by atoms with Crippen LogP contribution >= 0.6 is 0 Å². The molecule has 150 valence electrons. The van der Waals surface area contributed by atoms with Crippen LogP contribution in [-0.4, -0.2) is 40.0 Å². The van der Waals surface area contributed by atoms with E-state index >= 15 is 0 Å². The number of anilines is 1. The summed E-state index contributed by atoms with van der Waals surface area (Å²) < 4.78 is 30.9. The van der Waals surface area contributed by atoms with Crippen LogP contribution in [0.4, 0.5) is 10.5 Å². The Labute approximate surface area is 165 Å². The third-order valence-electron chi connectivity index (χ3n) is 4.73. The summed E-state index contributed by atoms with van der Waals surface area (Å²) >= 11 is 0. The standard InChI is InChI=1S/C20H25N3O4S/c1-23(2)28(25,26)18-6-4-5-16(13-18)21-20(24)22-19(14-7-8-14)15-9-11-17(27-3)12-10-15/h4-6,9-14,19H,7-8H2,1-3H3,(H2,21,22,24). The van der Waals surface area contributed by atoms with E-state index in [0.717, 1.165) is 28.5 Å². The summed E-state index contributed by atoms with van der Waals surface area (Å²) in [5, 5.41) is 5.75. The zero-order valence-electron chi connectivity index (χ0n) is 16.2. The second kappa shape index (κ2) is 8.20. The van der Waals surface area contributed by atoms with Gasteiger partial charge in [0.25, 0.3) is 0 Å². The molecule has 0 saturated heterocycles. The zero-order valence-corrected chi connectivity index (χ0v) is 17.0. The van der Waals surface area contributed by atoms with Gasteiger partial charge in [0.15, 0.2) is 0 Å². The maximum Gasteiger partial charge on any atom is 0.319 e. The number of nitrogens with zero attached hydrogens (tertiary/aromatic N) is 1. The van der Waals surface area contributed by atoms with Gasteiger partial charge in [0.2, 0.25) is 10.0 Å². The molecule has 0 bridgehead atoms. The molecule has 0 heterocycles. The van der Waals surface area contributed by atoms with Gasteiger partial charge in [-0.15, -0.1) is 0 Å². The molecular formula is C20H25N3O4S. The normalized spacial score (nSPS) is 15.1. The number of benzene rings is 2. The second-order valence-corrected chi connectivity index (χ2v) is 9.15. The van der Waals surface area contributed by atoms with Gasteiger partial charge in [-0.1, -0.05) is 18.2 Å². The molecule has 28 heavy (non-hydrogen) atoms. The number of carbonyl (C=O) groups excluding carboxylic acids is 1. The van der Waals surface area contributed by atoms with E-state index in [1.165, 1.54) is 26.2 Å². The van der Waals surface area contributed by atoms with E-state index in [1.807, 2.05) is 24.3 Å². The van der Waals surface area contributed by atoms with Gasteiger partial charge in [-0.25, -0.2) is 17.5 Å². The first-order chi connectivity index (χ1) is 13.3. The van der Waals surface area contributed by atoms with Gasteiger partial charge in [-0.3, -0.25) is 0 Å². The van der Waals surface area contributed by atoms with Crippen molar-refractivity contribution in [3.63, 3.8) is 0 Å². The molecule has 2 N–H and O–H groups in total. The van der Waals surface area contributed by atoms with Crippen LogP contribution in [0.1, 0.15) is 24.4 Å². The summed E-state index contributed by atoms with van der Waals surface area (Å²) in [5.74, 6) is 1.17. The minimum Gasteiger partial charge on any atom is -0.497 e. The van der Waals surface area contributed by atoms with Crippen LogP contribution in [0.3, 0.4) is 0 Å². The lowest BCUT2D eigenvalue weighted by Crippen LogP contribution is -2.33. The van der Waals surface area contributed by atoms with E-state index < -0.39 is 10.0 Å². The van der Waals surface area contributed by atoms with Crippen molar-refractivity contribution in [1.82, 2.24) is 9.62 Å². The van der Waals surface area contributed by atoms with E-state index in [4.69, 9.17) is 4.74 Å². The average Bonchev–Trinajstić information content (AvgIpc) is 3.51. The average molecular weight is 404 g/mol. The highest BCUT2D eigenvalue weighted by Crippen LogP contribution is 2.41. The summed E-state index contributed by atoms with van der Waals surface area (Å²) in [6.07, 6.45) is 2.13. The number of hydrogen-bond donors (Lipinski definition) is 2. The molecule has 3 rings (SSSR count). The third kappa shape index (κ3) is 4.63. The van der Waals surface area contributed by atoms with E-state index in [2.05, 4.69) is 10.6 Å². The van der Waals surface area contributed by atoms with Crippen LogP contribution in [0.5, 0.6) is 5.75 Å². The van der Waals surface area contributed by atoms with E-state index in [1.54, 1.807) is 19.2 Å². The van der Waals surface area contributed by atoms with Gasteiger partial charge in [0.05, 0.1) is 18.0 Å². The van der Waals surface area contributed by atoms with Gasteiger partial charge < -0.3 is 15.4 Å². The van der Waals surface area contributed by atoms with Crippen LogP contribution in [0.25, 0.3) is 0 Å². The molecule has 8 heteroatoms. The molecule has 2 aromatic rings. The first-order valence-electron chi connectivity index (χ1n) is 9.05. The fourth-order valence-electron chi connectivity index (χ4n) is 2.97. The molecule has 1 saturated carbocycles. The molecule has 2 aromatic carbocycles. The van der Waals surface area contributed by atoms with Gasteiger partial charge in [0, 0.05) is 19.8 Å². The number of urea groups is 1. The van der Waals surface area contributed by atoms with Crippen molar-refractivity contribution in [2.75, 3.05) is 26.5 Å². The maximum absolute atomic E-state index is 12.5. The molecule has 1 unspecified atom stereocenters. The van der Waals surface area contributed by atoms with Crippen LogP contribution in [0, 0.1) is 5.92 Å². The lowest BCUT2D eigenvalue weighted by Gasteiger charge is -2.20. The molecule has 0 aromatic heterocycles. The van der Waals surface area contributed by atoms with Crippen LogP contribution in [0.15, 0.2) is 53.4 Å². The number of rotatable bonds is 7. The third-order valence-corrected chi connectivity index (χ3v) is 6.54. The molecule has 1 atom stereocenters. The Kier molecular flexibility index (Phi) is 5.90. The van der Waals surface area contributed by atoms with Gasteiger partial charge in [-0.05, 0) is 54.7 Å². The van der Waals surface area contributed by atoms with Gasteiger partial charge in [0.1, 0.15) is 5.75 Å².